The molecule has 0 N–H and O–H groups in total. The summed E-state index contributed by atoms with van der Waals surface area (Å²) in [5, 5.41) is 10.7. The van der Waals surface area contributed by atoms with Gasteiger partial charge in [0.25, 0.3) is 5.69 Å². The van der Waals surface area contributed by atoms with Crippen molar-refractivity contribution in [3.8, 4) is 0 Å². The van der Waals surface area contributed by atoms with Crippen molar-refractivity contribution < 1.29 is 14.4 Å². The zero-order chi connectivity index (χ0) is 11.6. The third-order valence-electron chi connectivity index (χ3n) is 2.43. The second-order valence-electron chi connectivity index (χ2n) is 3.39. The van der Waals surface area contributed by atoms with Crippen LogP contribution in [0.3, 0.4) is 0 Å². The van der Waals surface area contributed by atoms with Crippen molar-refractivity contribution in [3.05, 3.63) is 39.9 Å². The number of nitrogens with zero attached hydrogens (tertiary/aromatic N) is 1. The van der Waals surface area contributed by atoms with Gasteiger partial charge in [-0.05, 0) is 0 Å². The Morgan fingerprint density at radius 2 is 2.12 bits per heavy atom. The normalized spacial score (nSPS) is 18.6. The minimum atomic E-state index is -0.813. The SMILES string of the molecule is O=[N+]([O-])c1cccc(C2(CI)OCCO2)c1. The lowest BCUT2D eigenvalue weighted by molar-refractivity contribution is -0.385. The molecule has 0 bridgehead atoms. The van der Waals surface area contributed by atoms with Crippen LogP contribution >= 0.6 is 22.6 Å². The van der Waals surface area contributed by atoms with Crippen molar-refractivity contribution in [1.82, 2.24) is 0 Å². The zero-order valence-corrected chi connectivity index (χ0v) is 10.5. The van der Waals surface area contributed by atoms with Gasteiger partial charge in [-0.2, -0.15) is 0 Å². The van der Waals surface area contributed by atoms with Crippen LogP contribution in [0.25, 0.3) is 0 Å². The number of hydrogen-bond acceptors (Lipinski definition) is 4. The van der Waals surface area contributed by atoms with Gasteiger partial charge in [-0.15, -0.1) is 0 Å². The topological polar surface area (TPSA) is 61.6 Å². The van der Waals surface area contributed by atoms with E-state index in [1.54, 1.807) is 12.1 Å². The predicted octanol–water partition coefficient (Wildman–Crippen LogP) is 2.23. The number of nitro groups is 1. The molecule has 1 heterocycles. The summed E-state index contributed by atoms with van der Waals surface area (Å²) >= 11 is 2.16. The Kier molecular flexibility index (Phi) is 3.41. The van der Waals surface area contributed by atoms with Crippen molar-refractivity contribution in [2.75, 3.05) is 17.6 Å². The fraction of sp³-hybridized carbons (Fsp3) is 0.400. The van der Waals surface area contributed by atoms with Crippen LogP contribution in [0.2, 0.25) is 0 Å². The van der Waals surface area contributed by atoms with Crippen LogP contribution in [0.4, 0.5) is 5.69 Å². The summed E-state index contributed by atoms with van der Waals surface area (Å²) in [6.45, 7) is 1.04. The molecular weight excluding hydrogens is 325 g/mol. The molecule has 16 heavy (non-hydrogen) atoms. The van der Waals surface area contributed by atoms with Crippen LogP contribution in [-0.2, 0) is 15.3 Å². The molecule has 5 nitrogen and oxygen atoms in total. The Bertz CT molecular complexity index is 404. The first-order valence-electron chi connectivity index (χ1n) is 4.77. The standard InChI is InChI=1S/C10H10INO4/c11-7-10(15-4-5-16-10)8-2-1-3-9(6-8)12(13)14/h1-3,6H,4-5,7H2. The molecule has 0 radical (unpaired) electrons. The monoisotopic (exact) mass is 335 g/mol. The molecule has 0 unspecified atom stereocenters. The molecule has 1 fully saturated rings. The number of halogens is 1. The molecule has 0 spiro atoms. The molecular formula is C10H10INO4. The Hall–Kier alpha value is -0.730. The second-order valence-corrected chi connectivity index (χ2v) is 4.15. The molecule has 1 aliphatic rings. The van der Waals surface area contributed by atoms with Gasteiger partial charge in [0.05, 0.1) is 22.6 Å². The van der Waals surface area contributed by atoms with Crippen LogP contribution in [-0.4, -0.2) is 22.6 Å². The summed E-state index contributed by atoms with van der Waals surface area (Å²) < 4.78 is 11.7. The quantitative estimate of drug-likeness (QED) is 0.368. The van der Waals surface area contributed by atoms with Gasteiger partial charge in [0.1, 0.15) is 0 Å². The summed E-state index contributed by atoms with van der Waals surface area (Å²) in [5.41, 5.74) is 0.759. The van der Waals surface area contributed by atoms with Gasteiger partial charge in [-0.1, -0.05) is 34.7 Å². The van der Waals surface area contributed by atoms with E-state index < -0.39 is 10.7 Å². The van der Waals surface area contributed by atoms with E-state index in [2.05, 4.69) is 22.6 Å². The van der Waals surface area contributed by atoms with Gasteiger partial charge in [-0.25, -0.2) is 0 Å². The molecule has 1 aliphatic heterocycles. The molecule has 86 valence electrons. The molecule has 1 aromatic carbocycles. The summed E-state index contributed by atoms with van der Waals surface area (Å²) in [5.74, 6) is -0.813. The van der Waals surface area contributed by atoms with E-state index in [1.807, 2.05) is 0 Å². The molecule has 0 aliphatic carbocycles. The maximum atomic E-state index is 10.7. The number of hydrogen-bond donors (Lipinski definition) is 0. The second kappa shape index (κ2) is 4.64. The van der Waals surface area contributed by atoms with Gasteiger partial charge in [-0.3, -0.25) is 10.1 Å². The molecule has 0 aromatic heterocycles. The van der Waals surface area contributed by atoms with E-state index >= 15 is 0 Å². The first-order valence-corrected chi connectivity index (χ1v) is 6.29. The average molecular weight is 335 g/mol. The minimum Gasteiger partial charge on any atom is -0.343 e. The summed E-state index contributed by atoms with van der Waals surface area (Å²) in [7, 11) is 0. The van der Waals surface area contributed by atoms with Crippen LogP contribution in [0.5, 0.6) is 0 Å². The number of non-ortho nitro benzene ring substituents is 1. The molecule has 0 saturated carbocycles. The minimum absolute atomic E-state index is 0.0563. The molecule has 1 aromatic rings. The van der Waals surface area contributed by atoms with Crippen molar-refractivity contribution in [2.45, 2.75) is 5.79 Å². The van der Waals surface area contributed by atoms with Crippen LogP contribution in [0.15, 0.2) is 24.3 Å². The Labute approximate surface area is 106 Å². The smallest absolute Gasteiger partial charge is 0.269 e. The highest BCUT2D eigenvalue weighted by atomic mass is 127. The van der Waals surface area contributed by atoms with E-state index in [0.717, 1.165) is 0 Å². The van der Waals surface area contributed by atoms with Crippen LogP contribution in [0.1, 0.15) is 5.56 Å². The van der Waals surface area contributed by atoms with E-state index in [4.69, 9.17) is 9.47 Å². The summed E-state index contributed by atoms with van der Waals surface area (Å²) in [6, 6.07) is 6.40. The van der Waals surface area contributed by atoms with E-state index in [9.17, 15) is 10.1 Å². The molecule has 2 rings (SSSR count). The first kappa shape index (κ1) is 11.7. The van der Waals surface area contributed by atoms with Crippen molar-refractivity contribution in [3.63, 3.8) is 0 Å². The number of rotatable bonds is 3. The van der Waals surface area contributed by atoms with Gasteiger partial charge in [0, 0.05) is 17.7 Å². The highest BCUT2D eigenvalue weighted by molar-refractivity contribution is 14.1. The average Bonchev–Trinajstić information content (AvgIpc) is 2.79. The van der Waals surface area contributed by atoms with Gasteiger partial charge >= 0.3 is 0 Å². The van der Waals surface area contributed by atoms with Crippen LogP contribution < -0.4 is 0 Å². The third kappa shape index (κ3) is 2.04. The molecule has 0 amide bonds. The fourth-order valence-electron chi connectivity index (χ4n) is 1.63. The maximum absolute atomic E-state index is 10.7. The Morgan fingerprint density at radius 3 is 2.69 bits per heavy atom. The highest BCUT2D eigenvalue weighted by Crippen LogP contribution is 2.34. The van der Waals surface area contributed by atoms with Gasteiger partial charge < -0.3 is 9.47 Å². The van der Waals surface area contributed by atoms with Crippen molar-refractivity contribution in [2.24, 2.45) is 0 Å². The highest BCUT2D eigenvalue weighted by Gasteiger charge is 2.38. The molecule has 1 saturated heterocycles. The van der Waals surface area contributed by atoms with Crippen molar-refractivity contribution in [1.29, 1.82) is 0 Å². The van der Waals surface area contributed by atoms with Gasteiger partial charge in [0.15, 0.2) is 0 Å². The van der Waals surface area contributed by atoms with Crippen LogP contribution in [0, 0.1) is 10.1 Å². The number of ether oxygens (including phenoxy) is 2. The lowest BCUT2D eigenvalue weighted by Crippen LogP contribution is -2.28. The number of nitro benzene ring substituents is 1. The predicted molar refractivity (Wildman–Crippen MR) is 65.6 cm³/mol. The maximum Gasteiger partial charge on any atom is 0.269 e. The van der Waals surface area contributed by atoms with Gasteiger partial charge in [0.2, 0.25) is 5.79 Å². The Morgan fingerprint density at radius 1 is 1.44 bits per heavy atom. The summed E-state index contributed by atoms with van der Waals surface area (Å²) in [6.07, 6.45) is 0. The first-order chi connectivity index (χ1) is 7.68. The number of alkyl halides is 1. The van der Waals surface area contributed by atoms with E-state index in [1.165, 1.54) is 12.1 Å². The zero-order valence-electron chi connectivity index (χ0n) is 8.39. The number of benzene rings is 1. The third-order valence-corrected chi connectivity index (χ3v) is 3.43. The lowest BCUT2D eigenvalue weighted by Gasteiger charge is -2.25. The summed E-state index contributed by atoms with van der Waals surface area (Å²) in [4.78, 5) is 10.3. The van der Waals surface area contributed by atoms with E-state index in [0.29, 0.717) is 23.2 Å². The van der Waals surface area contributed by atoms with Crippen molar-refractivity contribution >= 4 is 28.3 Å². The largest absolute Gasteiger partial charge is 0.343 e. The Balaban J connectivity index is 2.38. The fourth-order valence-corrected chi connectivity index (χ4v) is 2.51. The van der Waals surface area contributed by atoms with E-state index in [-0.39, 0.29) is 5.69 Å². The molecule has 6 heteroatoms. The molecule has 0 atom stereocenters. The lowest BCUT2D eigenvalue weighted by atomic mass is 10.1.